The third kappa shape index (κ3) is 3.93. The molecule has 1 N–H and O–H groups in total. The fraction of sp³-hybridized carbons (Fsp3) is 0.350. The number of nitrogens with zero attached hydrogens (tertiary/aromatic N) is 1. The van der Waals surface area contributed by atoms with Crippen molar-refractivity contribution in [1.82, 2.24) is 5.32 Å². The quantitative estimate of drug-likeness (QED) is 0.826. The third-order valence-corrected chi connectivity index (χ3v) is 5.20. The van der Waals surface area contributed by atoms with Crippen LogP contribution in [0.3, 0.4) is 0 Å². The molecule has 126 valence electrons. The molecule has 0 unspecified atom stereocenters. The highest BCUT2D eigenvalue weighted by molar-refractivity contribution is 7.98. The highest BCUT2D eigenvalue weighted by atomic mass is 32.2. The lowest BCUT2D eigenvalue weighted by Crippen LogP contribution is -2.27. The molecule has 0 saturated carbocycles. The lowest BCUT2D eigenvalue weighted by molar-refractivity contribution is 0.0951. The molecule has 0 spiro atoms. The van der Waals surface area contributed by atoms with Crippen LogP contribution in [0.4, 0.5) is 5.69 Å². The highest BCUT2D eigenvalue weighted by Crippen LogP contribution is 2.26. The molecule has 1 saturated heterocycles. The first kappa shape index (κ1) is 16.9. The Morgan fingerprint density at radius 3 is 2.50 bits per heavy atom. The van der Waals surface area contributed by atoms with Crippen molar-refractivity contribution in [1.29, 1.82) is 0 Å². The predicted molar refractivity (Wildman–Crippen MR) is 102 cm³/mol. The van der Waals surface area contributed by atoms with E-state index in [0.29, 0.717) is 6.54 Å². The largest absolute Gasteiger partial charge is 0.371 e. The fourth-order valence-electron chi connectivity index (χ4n) is 3.09. The van der Waals surface area contributed by atoms with Crippen LogP contribution in [-0.4, -0.2) is 25.3 Å². The van der Waals surface area contributed by atoms with Crippen LogP contribution >= 0.6 is 11.8 Å². The Morgan fingerprint density at radius 2 is 1.83 bits per heavy atom. The van der Waals surface area contributed by atoms with E-state index in [1.165, 1.54) is 17.7 Å². The van der Waals surface area contributed by atoms with Gasteiger partial charge in [0.05, 0.1) is 5.56 Å². The Morgan fingerprint density at radius 1 is 1.12 bits per heavy atom. The van der Waals surface area contributed by atoms with Crippen molar-refractivity contribution in [2.45, 2.75) is 31.2 Å². The topological polar surface area (TPSA) is 32.3 Å². The van der Waals surface area contributed by atoms with Crippen molar-refractivity contribution >= 4 is 23.4 Å². The summed E-state index contributed by atoms with van der Waals surface area (Å²) in [4.78, 5) is 16.3. The molecule has 24 heavy (non-hydrogen) atoms. The lowest BCUT2D eigenvalue weighted by Gasteiger charge is -2.21. The van der Waals surface area contributed by atoms with Crippen molar-refractivity contribution in [3.63, 3.8) is 0 Å². The zero-order valence-corrected chi connectivity index (χ0v) is 15.2. The van der Waals surface area contributed by atoms with Crippen LogP contribution in [0.5, 0.6) is 0 Å². The highest BCUT2D eigenvalue weighted by Gasteiger charge is 2.19. The van der Waals surface area contributed by atoms with Crippen LogP contribution < -0.4 is 10.2 Å². The van der Waals surface area contributed by atoms with E-state index < -0.39 is 0 Å². The zero-order valence-electron chi connectivity index (χ0n) is 14.3. The van der Waals surface area contributed by atoms with E-state index in [4.69, 9.17) is 0 Å². The van der Waals surface area contributed by atoms with Crippen LogP contribution in [-0.2, 0) is 6.54 Å². The number of nitrogens with one attached hydrogen (secondary N) is 1. The van der Waals surface area contributed by atoms with Crippen LogP contribution in [0.25, 0.3) is 0 Å². The van der Waals surface area contributed by atoms with Gasteiger partial charge in [0.1, 0.15) is 0 Å². The van der Waals surface area contributed by atoms with Gasteiger partial charge in [-0.15, -0.1) is 11.8 Å². The Hall–Kier alpha value is -1.94. The first-order valence-corrected chi connectivity index (χ1v) is 9.66. The summed E-state index contributed by atoms with van der Waals surface area (Å²) in [6.45, 7) is 4.67. The Kier molecular flexibility index (Phi) is 5.46. The monoisotopic (exact) mass is 340 g/mol. The van der Waals surface area contributed by atoms with Crippen LogP contribution in [0.1, 0.15) is 34.3 Å². The van der Waals surface area contributed by atoms with Gasteiger partial charge in [-0.2, -0.15) is 0 Å². The van der Waals surface area contributed by atoms with E-state index in [9.17, 15) is 4.79 Å². The van der Waals surface area contributed by atoms with Crippen LogP contribution in [0.2, 0.25) is 0 Å². The zero-order chi connectivity index (χ0) is 16.9. The standard InChI is InChI=1S/C20H24N2OS/c1-15-5-10-19(22-11-3-4-12-22)18(13-15)20(23)21-14-16-6-8-17(24-2)9-7-16/h5-10,13H,3-4,11-12,14H2,1-2H3,(H,21,23). The van der Waals surface area contributed by atoms with E-state index in [2.05, 4.69) is 52.9 Å². The van der Waals surface area contributed by atoms with Crippen LogP contribution in [0, 0.1) is 6.92 Å². The van der Waals surface area contributed by atoms with Gasteiger partial charge in [0.2, 0.25) is 0 Å². The van der Waals surface area contributed by atoms with E-state index >= 15 is 0 Å². The molecule has 1 fully saturated rings. The summed E-state index contributed by atoms with van der Waals surface area (Å²) in [5.74, 6) is 0.00884. The van der Waals surface area contributed by atoms with Gasteiger partial charge in [-0.1, -0.05) is 23.8 Å². The Balaban J connectivity index is 1.72. The summed E-state index contributed by atoms with van der Waals surface area (Å²) in [5.41, 5.74) is 4.09. The summed E-state index contributed by atoms with van der Waals surface area (Å²) < 4.78 is 0. The summed E-state index contributed by atoms with van der Waals surface area (Å²) in [6, 6.07) is 14.5. The second kappa shape index (κ2) is 7.75. The Bertz CT molecular complexity index is 706. The maximum Gasteiger partial charge on any atom is 0.253 e. The second-order valence-electron chi connectivity index (χ2n) is 6.25. The molecule has 1 aliphatic heterocycles. The lowest BCUT2D eigenvalue weighted by atomic mass is 10.1. The molecule has 1 amide bonds. The molecule has 0 atom stereocenters. The van der Waals surface area contributed by atoms with Crippen LogP contribution in [0.15, 0.2) is 47.4 Å². The molecule has 0 aliphatic carbocycles. The van der Waals surface area contributed by atoms with Gasteiger partial charge in [0.15, 0.2) is 0 Å². The number of amides is 1. The van der Waals surface area contributed by atoms with Crippen molar-refractivity contribution in [3.8, 4) is 0 Å². The first-order chi connectivity index (χ1) is 11.7. The average Bonchev–Trinajstić information content (AvgIpc) is 3.14. The average molecular weight is 340 g/mol. The van der Waals surface area contributed by atoms with E-state index in [1.54, 1.807) is 11.8 Å². The number of aryl methyl sites for hydroxylation is 1. The number of hydrogen-bond acceptors (Lipinski definition) is 3. The number of benzene rings is 2. The van der Waals surface area contributed by atoms with Gasteiger partial charge in [-0.3, -0.25) is 4.79 Å². The van der Waals surface area contributed by atoms with E-state index in [1.807, 2.05) is 13.0 Å². The molecule has 1 heterocycles. The summed E-state index contributed by atoms with van der Waals surface area (Å²) >= 11 is 1.72. The molecule has 2 aromatic carbocycles. The molecule has 3 nitrogen and oxygen atoms in total. The number of carbonyl (C=O) groups excluding carboxylic acids is 1. The molecule has 2 aromatic rings. The molecule has 4 heteroatoms. The fourth-order valence-corrected chi connectivity index (χ4v) is 3.49. The van der Waals surface area contributed by atoms with Gasteiger partial charge in [-0.05, 0) is 55.9 Å². The second-order valence-corrected chi connectivity index (χ2v) is 7.13. The third-order valence-electron chi connectivity index (χ3n) is 4.46. The molecule has 1 aliphatic rings. The number of carbonyl (C=O) groups is 1. The number of thioether (sulfide) groups is 1. The van der Waals surface area contributed by atoms with Crippen molar-refractivity contribution in [3.05, 3.63) is 59.2 Å². The van der Waals surface area contributed by atoms with Gasteiger partial charge >= 0.3 is 0 Å². The maximum absolute atomic E-state index is 12.7. The molecule has 0 aromatic heterocycles. The Labute approximate surface area is 148 Å². The molecular formula is C20H24N2OS. The van der Waals surface area contributed by atoms with Crippen molar-refractivity contribution in [2.75, 3.05) is 24.2 Å². The number of hydrogen-bond donors (Lipinski definition) is 1. The maximum atomic E-state index is 12.7. The van der Waals surface area contributed by atoms with Crippen molar-refractivity contribution < 1.29 is 4.79 Å². The summed E-state index contributed by atoms with van der Waals surface area (Å²) in [7, 11) is 0. The van der Waals surface area contributed by atoms with E-state index in [-0.39, 0.29) is 5.91 Å². The van der Waals surface area contributed by atoms with E-state index in [0.717, 1.165) is 35.5 Å². The molecular weight excluding hydrogens is 316 g/mol. The normalized spacial score (nSPS) is 14.0. The number of anilines is 1. The van der Waals surface area contributed by atoms with Gasteiger partial charge in [-0.25, -0.2) is 0 Å². The molecule has 3 rings (SSSR count). The van der Waals surface area contributed by atoms with Crippen molar-refractivity contribution in [2.24, 2.45) is 0 Å². The number of rotatable bonds is 5. The first-order valence-electron chi connectivity index (χ1n) is 8.44. The van der Waals surface area contributed by atoms with Gasteiger partial charge in [0.25, 0.3) is 5.91 Å². The SMILES string of the molecule is CSc1ccc(CNC(=O)c2cc(C)ccc2N2CCCC2)cc1. The molecule has 0 bridgehead atoms. The molecule has 0 radical (unpaired) electrons. The minimum atomic E-state index is 0.00884. The van der Waals surface area contributed by atoms with Gasteiger partial charge in [0, 0.05) is 30.2 Å². The van der Waals surface area contributed by atoms with Gasteiger partial charge < -0.3 is 10.2 Å². The summed E-state index contributed by atoms with van der Waals surface area (Å²) in [6.07, 6.45) is 4.47. The minimum Gasteiger partial charge on any atom is -0.371 e. The smallest absolute Gasteiger partial charge is 0.253 e. The predicted octanol–water partition coefficient (Wildman–Crippen LogP) is 4.25. The minimum absolute atomic E-state index is 0.00884. The summed E-state index contributed by atoms with van der Waals surface area (Å²) in [5, 5.41) is 3.07.